The Labute approximate surface area is 134 Å². The van der Waals surface area contributed by atoms with Gasteiger partial charge in [0.15, 0.2) is 0 Å². The second-order valence-electron chi connectivity index (χ2n) is 5.53. The molecule has 23 heavy (non-hydrogen) atoms. The summed E-state index contributed by atoms with van der Waals surface area (Å²) >= 11 is 0. The number of fused-ring (bicyclic) bond motifs is 1. The highest BCUT2D eigenvalue weighted by atomic mass is 15.1. The lowest BCUT2D eigenvalue weighted by atomic mass is 10.2. The number of benzene rings is 2. The van der Waals surface area contributed by atoms with Crippen molar-refractivity contribution < 1.29 is 0 Å². The predicted octanol–water partition coefficient (Wildman–Crippen LogP) is 4.68. The standard InChI is InChI=1S/C19H16N4/c1-13-5-4-7-15(11-13)21-19-20-10-9-17(23-19)18-12-14-6-2-3-8-16(14)22-18/h2-12,22H,1H3,(H,20,21,23). The average molecular weight is 300 g/mol. The molecule has 0 fully saturated rings. The molecular formula is C19H16N4. The van der Waals surface area contributed by atoms with Gasteiger partial charge in [0.2, 0.25) is 5.95 Å². The van der Waals surface area contributed by atoms with E-state index in [1.54, 1.807) is 6.20 Å². The van der Waals surface area contributed by atoms with E-state index in [4.69, 9.17) is 0 Å². The van der Waals surface area contributed by atoms with Crippen LogP contribution in [0.25, 0.3) is 22.3 Å². The first-order valence-corrected chi connectivity index (χ1v) is 7.53. The van der Waals surface area contributed by atoms with E-state index in [1.807, 2.05) is 30.3 Å². The number of nitrogens with one attached hydrogen (secondary N) is 2. The van der Waals surface area contributed by atoms with Gasteiger partial charge in [-0.05, 0) is 42.8 Å². The van der Waals surface area contributed by atoms with Crippen LogP contribution in [0.15, 0.2) is 66.9 Å². The third kappa shape index (κ3) is 2.79. The van der Waals surface area contributed by atoms with Crippen LogP contribution >= 0.6 is 0 Å². The number of anilines is 2. The Hall–Kier alpha value is -3.14. The molecule has 4 nitrogen and oxygen atoms in total. The number of aryl methyl sites for hydroxylation is 1. The van der Waals surface area contributed by atoms with Crippen LogP contribution in [0.4, 0.5) is 11.6 Å². The zero-order chi connectivity index (χ0) is 15.6. The van der Waals surface area contributed by atoms with Gasteiger partial charge in [0.25, 0.3) is 0 Å². The average Bonchev–Trinajstić information content (AvgIpc) is 2.99. The first-order chi connectivity index (χ1) is 11.3. The number of aromatic nitrogens is 3. The third-order valence-electron chi connectivity index (χ3n) is 3.74. The minimum atomic E-state index is 0.590. The van der Waals surface area contributed by atoms with E-state index in [1.165, 1.54) is 10.9 Å². The van der Waals surface area contributed by atoms with Crippen molar-refractivity contribution in [1.29, 1.82) is 0 Å². The van der Waals surface area contributed by atoms with Gasteiger partial charge < -0.3 is 10.3 Å². The van der Waals surface area contributed by atoms with Crippen LogP contribution in [-0.4, -0.2) is 15.0 Å². The van der Waals surface area contributed by atoms with Crippen molar-refractivity contribution in [3.63, 3.8) is 0 Å². The van der Waals surface area contributed by atoms with Crippen molar-refractivity contribution in [3.8, 4) is 11.4 Å². The Morgan fingerprint density at radius 1 is 0.957 bits per heavy atom. The van der Waals surface area contributed by atoms with Crippen LogP contribution < -0.4 is 5.32 Å². The molecule has 112 valence electrons. The lowest BCUT2D eigenvalue weighted by Crippen LogP contribution is -1.98. The molecule has 0 saturated carbocycles. The van der Waals surface area contributed by atoms with Gasteiger partial charge in [-0.2, -0.15) is 0 Å². The Morgan fingerprint density at radius 2 is 1.87 bits per heavy atom. The summed E-state index contributed by atoms with van der Waals surface area (Å²) in [6, 6.07) is 20.4. The molecule has 4 heteroatoms. The van der Waals surface area contributed by atoms with Gasteiger partial charge in [0.05, 0.1) is 11.4 Å². The number of para-hydroxylation sites is 1. The predicted molar refractivity (Wildman–Crippen MR) is 93.8 cm³/mol. The molecule has 4 aromatic rings. The van der Waals surface area contributed by atoms with E-state index in [2.05, 4.69) is 57.5 Å². The molecule has 0 unspecified atom stereocenters. The van der Waals surface area contributed by atoms with Crippen molar-refractivity contribution in [3.05, 3.63) is 72.4 Å². The quantitative estimate of drug-likeness (QED) is 0.577. The Balaban J connectivity index is 1.68. The third-order valence-corrected chi connectivity index (χ3v) is 3.74. The monoisotopic (exact) mass is 300 g/mol. The first-order valence-electron chi connectivity index (χ1n) is 7.53. The highest BCUT2D eigenvalue weighted by Gasteiger charge is 2.06. The van der Waals surface area contributed by atoms with Crippen molar-refractivity contribution >= 4 is 22.5 Å². The summed E-state index contributed by atoms with van der Waals surface area (Å²) in [5.41, 5.74) is 5.14. The van der Waals surface area contributed by atoms with E-state index in [0.29, 0.717) is 5.95 Å². The van der Waals surface area contributed by atoms with Gasteiger partial charge in [-0.3, -0.25) is 0 Å². The highest BCUT2D eigenvalue weighted by Crippen LogP contribution is 2.23. The number of rotatable bonds is 3. The fourth-order valence-electron chi connectivity index (χ4n) is 2.63. The molecule has 0 aliphatic rings. The fourth-order valence-corrected chi connectivity index (χ4v) is 2.63. The van der Waals surface area contributed by atoms with Crippen molar-refractivity contribution in [2.45, 2.75) is 6.92 Å². The maximum absolute atomic E-state index is 4.61. The second-order valence-corrected chi connectivity index (χ2v) is 5.53. The Kier molecular flexibility index (Phi) is 3.27. The zero-order valence-corrected chi connectivity index (χ0v) is 12.7. The van der Waals surface area contributed by atoms with Crippen LogP contribution in [0.3, 0.4) is 0 Å². The summed E-state index contributed by atoms with van der Waals surface area (Å²) in [6.07, 6.45) is 1.77. The highest BCUT2D eigenvalue weighted by molar-refractivity contribution is 5.85. The van der Waals surface area contributed by atoms with E-state index >= 15 is 0 Å². The molecule has 2 N–H and O–H groups in total. The molecule has 0 spiro atoms. The van der Waals surface area contributed by atoms with Crippen LogP contribution in [0.1, 0.15) is 5.56 Å². The van der Waals surface area contributed by atoms with Crippen molar-refractivity contribution in [2.24, 2.45) is 0 Å². The lowest BCUT2D eigenvalue weighted by Gasteiger charge is -2.06. The molecule has 0 radical (unpaired) electrons. The normalized spacial score (nSPS) is 10.8. The summed E-state index contributed by atoms with van der Waals surface area (Å²) in [5, 5.41) is 4.43. The SMILES string of the molecule is Cc1cccc(Nc2nccc(-c3cc4ccccc4[nH]3)n2)c1. The maximum atomic E-state index is 4.61. The molecule has 0 aliphatic carbocycles. The second kappa shape index (κ2) is 5.57. The molecule has 0 saturated heterocycles. The van der Waals surface area contributed by atoms with E-state index in [9.17, 15) is 0 Å². The summed E-state index contributed by atoms with van der Waals surface area (Å²) < 4.78 is 0. The van der Waals surface area contributed by atoms with Gasteiger partial charge in [-0.25, -0.2) is 9.97 Å². The van der Waals surface area contributed by atoms with Gasteiger partial charge in [0.1, 0.15) is 0 Å². The van der Waals surface area contributed by atoms with E-state index in [0.717, 1.165) is 22.6 Å². The molecule has 0 aliphatic heterocycles. The van der Waals surface area contributed by atoms with Crippen molar-refractivity contribution in [1.82, 2.24) is 15.0 Å². The Morgan fingerprint density at radius 3 is 2.74 bits per heavy atom. The Bertz CT molecular complexity index is 939. The van der Waals surface area contributed by atoms with Crippen LogP contribution in [-0.2, 0) is 0 Å². The van der Waals surface area contributed by atoms with E-state index < -0.39 is 0 Å². The zero-order valence-electron chi connectivity index (χ0n) is 12.7. The number of hydrogen-bond donors (Lipinski definition) is 2. The lowest BCUT2D eigenvalue weighted by molar-refractivity contribution is 1.16. The fraction of sp³-hybridized carbons (Fsp3) is 0.0526. The topological polar surface area (TPSA) is 53.6 Å². The molecular weight excluding hydrogens is 284 g/mol. The first kappa shape index (κ1) is 13.5. The van der Waals surface area contributed by atoms with E-state index in [-0.39, 0.29) is 0 Å². The molecule has 0 bridgehead atoms. The molecule has 2 heterocycles. The van der Waals surface area contributed by atoms with Gasteiger partial charge >= 0.3 is 0 Å². The van der Waals surface area contributed by atoms with Crippen molar-refractivity contribution in [2.75, 3.05) is 5.32 Å². The number of hydrogen-bond acceptors (Lipinski definition) is 3. The van der Waals surface area contributed by atoms with Gasteiger partial charge in [0, 0.05) is 22.8 Å². The summed E-state index contributed by atoms with van der Waals surface area (Å²) in [5.74, 6) is 0.590. The van der Waals surface area contributed by atoms with Crippen LogP contribution in [0.5, 0.6) is 0 Å². The molecule has 2 aromatic heterocycles. The molecule has 0 atom stereocenters. The van der Waals surface area contributed by atoms with Crippen LogP contribution in [0, 0.1) is 6.92 Å². The minimum absolute atomic E-state index is 0.590. The maximum Gasteiger partial charge on any atom is 0.227 e. The summed E-state index contributed by atoms with van der Waals surface area (Å²) in [6.45, 7) is 2.06. The van der Waals surface area contributed by atoms with Crippen LogP contribution in [0.2, 0.25) is 0 Å². The van der Waals surface area contributed by atoms with Gasteiger partial charge in [-0.15, -0.1) is 0 Å². The molecule has 0 amide bonds. The molecule has 4 rings (SSSR count). The largest absolute Gasteiger partial charge is 0.353 e. The van der Waals surface area contributed by atoms with Gasteiger partial charge in [-0.1, -0.05) is 30.3 Å². The summed E-state index contributed by atoms with van der Waals surface area (Å²) in [4.78, 5) is 12.3. The minimum Gasteiger partial charge on any atom is -0.353 e. The molecule has 2 aromatic carbocycles. The number of H-pyrrole nitrogens is 1. The smallest absolute Gasteiger partial charge is 0.227 e. The number of aromatic amines is 1. The number of nitrogens with zero attached hydrogens (tertiary/aromatic N) is 2. The summed E-state index contributed by atoms with van der Waals surface area (Å²) in [7, 11) is 0.